The van der Waals surface area contributed by atoms with Gasteiger partial charge < -0.3 is 18.9 Å². The van der Waals surface area contributed by atoms with Crippen molar-refractivity contribution in [1.29, 1.82) is 0 Å². The van der Waals surface area contributed by atoms with Crippen LogP contribution in [-0.4, -0.2) is 50.7 Å². The molecule has 5 heteroatoms. The third-order valence-electron chi connectivity index (χ3n) is 3.95. The van der Waals surface area contributed by atoms with Crippen LogP contribution >= 0.6 is 0 Å². The average molecular weight is 330 g/mol. The molecule has 1 aliphatic heterocycles. The average Bonchev–Trinajstić information content (AvgIpc) is 2.54. The van der Waals surface area contributed by atoms with E-state index in [1.54, 1.807) is 0 Å². The lowest BCUT2D eigenvalue weighted by molar-refractivity contribution is -0.201. The summed E-state index contributed by atoms with van der Waals surface area (Å²) < 4.78 is 23.1. The van der Waals surface area contributed by atoms with Crippen LogP contribution in [0.3, 0.4) is 0 Å². The van der Waals surface area contributed by atoms with Crippen molar-refractivity contribution < 1.29 is 23.7 Å². The van der Waals surface area contributed by atoms with Gasteiger partial charge in [-0.3, -0.25) is 4.79 Å². The predicted octanol–water partition coefficient (Wildman–Crippen LogP) is 3.49. The van der Waals surface area contributed by atoms with E-state index in [2.05, 4.69) is 20.8 Å². The summed E-state index contributed by atoms with van der Waals surface area (Å²) in [5, 5.41) is 0. The molecule has 1 unspecified atom stereocenters. The molecule has 0 amide bonds. The minimum Gasteiger partial charge on any atom is -0.457 e. The summed E-state index contributed by atoms with van der Waals surface area (Å²) in [4.78, 5) is 11.9. The number of hydrogen-bond donors (Lipinski definition) is 0. The molecule has 1 fully saturated rings. The van der Waals surface area contributed by atoms with Crippen molar-refractivity contribution in [2.45, 2.75) is 84.0 Å². The summed E-state index contributed by atoms with van der Waals surface area (Å²) in [5.41, 5.74) is 0. The van der Waals surface area contributed by atoms with Crippen LogP contribution < -0.4 is 0 Å². The SMILES string of the molecule is CCCCOCC1OC(=O)C[C@@H](OCCCC)[C@H]1OCCCC. The lowest BCUT2D eigenvalue weighted by Gasteiger charge is -2.37. The van der Waals surface area contributed by atoms with Crippen molar-refractivity contribution in [2.24, 2.45) is 0 Å². The molecule has 0 aromatic carbocycles. The first kappa shape index (κ1) is 20.4. The fourth-order valence-corrected chi connectivity index (χ4v) is 2.49. The van der Waals surface area contributed by atoms with Crippen molar-refractivity contribution in [3.63, 3.8) is 0 Å². The van der Waals surface area contributed by atoms with E-state index in [1.807, 2.05) is 0 Å². The van der Waals surface area contributed by atoms with Crippen molar-refractivity contribution in [1.82, 2.24) is 0 Å². The van der Waals surface area contributed by atoms with Gasteiger partial charge in [0.25, 0.3) is 0 Å². The van der Waals surface area contributed by atoms with E-state index in [0.29, 0.717) is 26.4 Å². The molecule has 3 atom stereocenters. The Hall–Kier alpha value is -0.650. The molecule has 0 aliphatic carbocycles. The molecule has 1 rings (SSSR count). The molecule has 1 heterocycles. The number of esters is 1. The van der Waals surface area contributed by atoms with Gasteiger partial charge in [0.1, 0.15) is 6.10 Å². The second kappa shape index (κ2) is 12.7. The summed E-state index contributed by atoms with van der Waals surface area (Å²) in [6, 6.07) is 0. The zero-order chi connectivity index (χ0) is 16.9. The van der Waals surface area contributed by atoms with Gasteiger partial charge >= 0.3 is 5.97 Å². The smallest absolute Gasteiger partial charge is 0.308 e. The summed E-state index contributed by atoms with van der Waals surface area (Å²) in [6.07, 6.45) is 5.69. The molecule has 1 saturated heterocycles. The zero-order valence-electron chi connectivity index (χ0n) is 15.1. The van der Waals surface area contributed by atoms with E-state index in [1.165, 1.54) is 0 Å². The van der Waals surface area contributed by atoms with Gasteiger partial charge in [0.2, 0.25) is 0 Å². The van der Waals surface area contributed by atoms with Crippen LogP contribution in [0.5, 0.6) is 0 Å². The number of carbonyl (C=O) groups is 1. The minimum absolute atomic E-state index is 0.217. The van der Waals surface area contributed by atoms with Crippen LogP contribution in [-0.2, 0) is 23.7 Å². The first-order valence-electron chi connectivity index (χ1n) is 9.23. The van der Waals surface area contributed by atoms with Crippen LogP contribution in [0.25, 0.3) is 0 Å². The van der Waals surface area contributed by atoms with Crippen molar-refractivity contribution in [3.8, 4) is 0 Å². The fraction of sp³-hybridized carbons (Fsp3) is 0.944. The Morgan fingerprint density at radius 3 is 2.22 bits per heavy atom. The first-order valence-corrected chi connectivity index (χ1v) is 9.23. The Kier molecular flexibility index (Phi) is 11.3. The van der Waals surface area contributed by atoms with Crippen LogP contribution in [0.15, 0.2) is 0 Å². The molecule has 0 N–H and O–H groups in total. The quantitative estimate of drug-likeness (QED) is 0.382. The van der Waals surface area contributed by atoms with Crippen LogP contribution in [0.2, 0.25) is 0 Å². The number of unbranched alkanes of at least 4 members (excludes halogenated alkanes) is 3. The van der Waals surface area contributed by atoms with Gasteiger partial charge in [-0.05, 0) is 19.3 Å². The lowest BCUT2D eigenvalue weighted by atomic mass is 10.0. The maximum Gasteiger partial charge on any atom is 0.308 e. The third kappa shape index (κ3) is 8.13. The fourth-order valence-electron chi connectivity index (χ4n) is 2.49. The number of ether oxygens (including phenoxy) is 4. The van der Waals surface area contributed by atoms with E-state index >= 15 is 0 Å². The lowest BCUT2D eigenvalue weighted by Crippen LogP contribution is -2.51. The van der Waals surface area contributed by atoms with E-state index in [9.17, 15) is 4.79 Å². The van der Waals surface area contributed by atoms with Crippen molar-refractivity contribution in [2.75, 3.05) is 26.4 Å². The molecule has 0 bridgehead atoms. The van der Waals surface area contributed by atoms with E-state index in [4.69, 9.17) is 18.9 Å². The number of cyclic esters (lactones) is 1. The summed E-state index contributed by atoms with van der Waals surface area (Å²) >= 11 is 0. The van der Waals surface area contributed by atoms with Gasteiger partial charge in [-0.2, -0.15) is 0 Å². The molecule has 0 aromatic heterocycles. The van der Waals surface area contributed by atoms with Gasteiger partial charge in [0, 0.05) is 19.8 Å². The monoisotopic (exact) mass is 330 g/mol. The highest BCUT2D eigenvalue weighted by molar-refractivity contribution is 5.71. The van der Waals surface area contributed by atoms with E-state index in [-0.39, 0.29) is 30.7 Å². The Morgan fingerprint density at radius 1 is 0.957 bits per heavy atom. The van der Waals surface area contributed by atoms with Crippen LogP contribution in [0.1, 0.15) is 65.7 Å². The number of rotatable bonds is 13. The molecule has 136 valence electrons. The minimum atomic E-state index is -0.364. The zero-order valence-corrected chi connectivity index (χ0v) is 15.1. The Bertz CT molecular complexity index is 308. The van der Waals surface area contributed by atoms with E-state index in [0.717, 1.165) is 38.5 Å². The third-order valence-corrected chi connectivity index (χ3v) is 3.95. The molecule has 0 saturated carbocycles. The van der Waals surface area contributed by atoms with Crippen LogP contribution in [0.4, 0.5) is 0 Å². The van der Waals surface area contributed by atoms with Gasteiger partial charge in [0.05, 0.1) is 19.1 Å². The molecular formula is C18H34O5. The first-order chi connectivity index (χ1) is 11.2. The van der Waals surface area contributed by atoms with Crippen LogP contribution in [0, 0.1) is 0 Å². The molecule has 0 aromatic rings. The topological polar surface area (TPSA) is 54.0 Å². The maximum absolute atomic E-state index is 11.9. The summed E-state index contributed by atoms with van der Waals surface area (Å²) in [6.45, 7) is 8.77. The molecular weight excluding hydrogens is 296 g/mol. The van der Waals surface area contributed by atoms with Gasteiger partial charge in [-0.25, -0.2) is 0 Å². The Balaban J connectivity index is 2.58. The highest BCUT2D eigenvalue weighted by Gasteiger charge is 2.40. The summed E-state index contributed by atoms with van der Waals surface area (Å²) in [5.74, 6) is -0.217. The largest absolute Gasteiger partial charge is 0.457 e. The second-order valence-corrected chi connectivity index (χ2v) is 6.11. The van der Waals surface area contributed by atoms with E-state index < -0.39 is 0 Å². The van der Waals surface area contributed by atoms with Gasteiger partial charge in [-0.15, -0.1) is 0 Å². The van der Waals surface area contributed by atoms with Gasteiger partial charge in [0.15, 0.2) is 6.10 Å². The Morgan fingerprint density at radius 2 is 1.57 bits per heavy atom. The molecule has 5 nitrogen and oxygen atoms in total. The maximum atomic E-state index is 11.9. The summed E-state index contributed by atoms with van der Waals surface area (Å²) in [7, 11) is 0. The molecule has 0 radical (unpaired) electrons. The standard InChI is InChI=1S/C18H34O5/c1-4-7-10-20-14-16-18(22-12-9-6-3)15(13-17(19)23-16)21-11-8-5-2/h15-16,18H,4-14H2,1-3H3/t15-,16?,18-/m1/s1. The highest BCUT2D eigenvalue weighted by Crippen LogP contribution is 2.23. The normalized spacial score (nSPS) is 24.7. The molecule has 23 heavy (non-hydrogen) atoms. The second-order valence-electron chi connectivity index (χ2n) is 6.11. The van der Waals surface area contributed by atoms with Gasteiger partial charge in [-0.1, -0.05) is 40.0 Å². The molecule has 1 aliphatic rings. The number of hydrogen-bond acceptors (Lipinski definition) is 5. The Labute approximate surface area is 141 Å². The van der Waals surface area contributed by atoms with Crippen molar-refractivity contribution >= 4 is 5.97 Å². The predicted molar refractivity (Wildman–Crippen MR) is 89.5 cm³/mol. The number of carbonyl (C=O) groups excluding carboxylic acids is 1. The molecule has 0 spiro atoms. The highest BCUT2D eigenvalue weighted by atomic mass is 16.6. The van der Waals surface area contributed by atoms with Crippen molar-refractivity contribution in [3.05, 3.63) is 0 Å².